The number of hydrogen-bond acceptors (Lipinski definition) is 14. The lowest BCUT2D eigenvalue weighted by atomic mass is 9.88. The van der Waals surface area contributed by atoms with Gasteiger partial charge in [0.05, 0.1) is 27.2 Å². The molecule has 0 unspecified atom stereocenters. The van der Waals surface area contributed by atoms with Gasteiger partial charge in [0, 0.05) is 42.2 Å². The van der Waals surface area contributed by atoms with Gasteiger partial charge in [-0.2, -0.15) is 26.3 Å². The summed E-state index contributed by atoms with van der Waals surface area (Å²) in [6.45, 7) is 8.25. The van der Waals surface area contributed by atoms with Gasteiger partial charge in [0.1, 0.15) is 34.7 Å². The quantitative estimate of drug-likeness (QED) is 0.0950. The number of thiazole rings is 2. The van der Waals surface area contributed by atoms with Gasteiger partial charge in [-0.3, -0.25) is 24.8 Å². The van der Waals surface area contributed by atoms with Crippen LogP contribution in [0.2, 0.25) is 0 Å². The molecule has 5 aromatic heterocycles. The predicted octanol–water partition coefficient (Wildman–Crippen LogP) is 7.44. The molecule has 7 rings (SSSR count). The molecular weight excluding hydrogens is 951 g/mol. The first-order valence-electron chi connectivity index (χ1n) is 20.2. The van der Waals surface area contributed by atoms with Crippen LogP contribution in [0.1, 0.15) is 83.7 Å². The van der Waals surface area contributed by atoms with Gasteiger partial charge in [-0.05, 0) is 85.9 Å². The van der Waals surface area contributed by atoms with E-state index in [1.54, 1.807) is 13.8 Å². The Hall–Kier alpha value is -6.41. The number of anilines is 2. The predicted molar refractivity (Wildman–Crippen MR) is 241 cm³/mol. The number of hydrogen-bond donors (Lipinski definition) is 5. The van der Waals surface area contributed by atoms with Crippen LogP contribution in [0.4, 0.5) is 46.2 Å². The molecule has 18 nitrogen and oxygen atoms in total. The SMILES string of the molecule is C.Cc1nc(NC(=O)N2CCC[C@H]2C(N)=O)sc1-c1cc(C(C)(C)C(F)(F)F)oc(=O)c1.Cc1nc(NC(=O)n2ccnc2)sc1-c1cc(C(C)(C)C(F)(F)F)oc(=O)c1.NC(=O)[C@@H]1CCCN1. The number of primary amides is 2. The fraction of sp³-hybridized carbons (Fsp3) is 0.452. The van der Waals surface area contributed by atoms with Crippen LogP contribution in [0, 0.1) is 13.8 Å². The minimum atomic E-state index is -4.63. The van der Waals surface area contributed by atoms with Crippen molar-refractivity contribution in [2.24, 2.45) is 11.5 Å². The summed E-state index contributed by atoms with van der Waals surface area (Å²) < 4.78 is 91.0. The van der Waals surface area contributed by atoms with Crippen LogP contribution in [0.3, 0.4) is 0 Å². The summed E-state index contributed by atoms with van der Waals surface area (Å²) in [5.41, 5.74) is 5.07. The number of likely N-dealkylation sites (tertiary alicyclic amines) is 1. The van der Waals surface area contributed by atoms with Gasteiger partial charge < -0.3 is 30.5 Å². The molecule has 7 heterocycles. The number of aromatic nitrogens is 4. The Balaban J connectivity index is 0.000000252. The molecule has 2 atom stereocenters. The molecule has 5 amide bonds. The van der Waals surface area contributed by atoms with Crippen LogP contribution in [0.25, 0.3) is 20.9 Å². The Bertz CT molecular complexity index is 2720. The standard InChI is InChI=1S/C19H21F3N4O4S.C17H15F3N4O3S.C5H10N2O.CH4/c1-9-14(10-7-12(30-13(27)8-10)18(2,3)19(20,21)22)31-16(24-9)25-17(29)26-6-4-5-11(26)15(23)28;1-9-13(28-14(22-9)23-15(26)24-5-4-21-8-24)10-6-11(27-12(25)7-10)16(2,3)17(18,19)20;6-5(8)4-2-1-3-7-4;/h7-8,11H,4-6H2,1-3H3,(H2,23,28)(H,24,25,29);4-8H,1-3H3,(H,22,23,26);4,7H,1-3H2,(H2,6,8);1H4/t11-;;4-;/m0.0./s1. The first-order chi connectivity index (χ1) is 31.1. The van der Waals surface area contributed by atoms with Crippen LogP contribution < -0.4 is 38.7 Å². The first kappa shape index (κ1) is 54.2. The van der Waals surface area contributed by atoms with Crippen LogP contribution >= 0.6 is 22.7 Å². The Morgan fingerprint density at radius 3 is 1.62 bits per heavy atom. The molecule has 0 aromatic carbocycles. The maximum Gasteiger partial charge on any atom is 0.400 e. The molecule has 2 saturated heterocycles. The third-order valence-electron chi connectivity index (χ3n) is 10.7. The molecule has 0 saturated carbocycles. The lowest BCUT2D eigenvalue weighted by molar-refractivity contribution is -0.185. The van der Waals surface area contributed by atoms with E-state index in [1.165, 1.54) is 34.3 Å². The van der Waals surface area contributed by atoms with Crippen molar-refractivity contribution >= 4 is 56.8 Å². The lowest BCUT2D eigenvalue weighted by Crippen LogP contribution is -2.45. The Labute approximate surface area is 392 Å². The van der Waals surface area contributed by atoms with E-state index in [-0.39, 0.29) is 40.8 Å². The number of imidazole rings is 1. The van der Waals surface area contributed by atoms with Crippen molar-refractivity contribution in [3.05, 3.63) is 86.7 Å². The summed E-state index contributed by atoms with van der Waals surface area (Å²) in [4.78, 5) is 84.7. The van der Waals surface area contributed by atoms with E-state index in [0.29, 0.717) is 40.5 Å². The van der Waals surface area contributed by atoms with Crippen LogP contribution in [0.15, 0.2) is 61.4 Å². The van der Waals surface area contributed by atoms with E-state index >= 15 is 0 Å². The zero-order valence-electron chi connectivity index (χ0n) is 36.7. The Kier molecular flexibility index (Phi) is 16.9. The summed E-state index contributed by atoms with van der Waals surface area (Å²) in [7, 11) is 0. The van der Waals surface area contributed by atoms with E-state index < -0.39 is 70.0 Å². The second kappa shape index (κ2) is 21.3. The fourth-order valence-electron chi connectivity index (χ4n) is 6.48. The normalized spacial score (nSPS) is 16.1. The number of nitrogens with two attached hydrogens (primary N) is 2. The number of nitrogens with one attached hydrogen (secondary N) is 3. The fourth-order valence-corrected chi connectivity index (χ4v) is 8.37. The highest BCUT2D eigenvalue weighted by molar-refractivity contribution is 7.19. The molecule has 68 heavy (non-hydrogen) atoms. The summed E-state index contributed by atoms with van der Waals surface area (Å²) in [6, 6.07) is 2.71. The van der Waals surface area contributed by atoms with Gasteiger partial charge in [0.15, 0.2) is 10.3 Å². The smallest absolute Gasteiger partial charge is 0.400 e. The van der Waals surface area contributed by atoms with Gasteiger partial charge in [-0.25, -0.2) is 34.1 Å². The zero-order valence-corrected chi connectivity index (χ0v) is 38.3. The zero-order chi connectivity index (χ0) is 49.8. The third kappa shape index (κ3) is 12.6. The van der Waals surface area contributed by atoms with Gasteiger partial charge >= 0.3 is 35.7 Å². The van der Waals surface area contributed by atoms with Crippen LogP contribution in [-0.2, 0) is 20.4 Å². The topological polar surface area (TPSA) is 264 Å². The van der Waals surface area contributed by atoms with Crippen molar-refractivity contribution in [3.63, 3.8) is 0 Å². The number of amides is 5. The number of carbonyl (C=O) groups excluding carboxylic acids is 4. The average molecular weight is 1000 g/mol. The Morgan fingerprint density at radius 2 is 1.24 bits per heavy atom. The molecule has 26 heteroatoms. The number of carbonyl (C=O) groups is 4. The molecule has 0 radical (unpaired) electrons. The van der Waals surface area contributed by atoms with Gasteiger partial charge in [-0.15, -0.1) is 0 Å². The lowest BCUT2D eigenvalue weighted by Gasteiger charge is -2.26. The van der Waals surface area contributed by atoms with E-state index in [9.17, 15) is 55.1 Å². The maximum atomic E-state index is 13.4. The largest absolute Gasteiger partial charge is 0.427 e. The van der Waals surface area contributed by atoms with Crippen molar-refractivity contribution in [1.29, 1.82) is 0 Å². The maximum absolute atomic E-state index is 13.4. The molecular formula is C42H50F6N10O8S2. The van der Waals surface area contributed by atoms with Crippen molar-refractivity contribution < 1.29 is 54.4 Å². The number of nitrogens with zero attached hydrogens (tertiary/aromatic N) is 5. The van der Waals surface area contributed by atoms with E-state index in [0.717, 1.165) is 88.0 Å². The summed E-state index contributed by atoms with van der Waals surface area (Å²) in [5, 5.41) is 8.55. The summed E-state index contributed by atoms with van der Waals surface area (Å²) in [5.74, 6) is -1.84. The molecule has 0 bridgehead atoms. The van der Waals surface area contributed by atoms with Gasteiger partial charge in [-0.1, -0.05) is 30.1 Å². The molecule has 370 valence electrons. The average Bonchev–Trinajstić information content (AvgIpc) is 4.08. The molecule has 0 aliphatic carbocycles. The highest BCUT2D eigenvalue weighted by Gasteiger charge is 2.52. The molecule has 2 fully saturated rings. The molecule has 0 spiro atoms. The second-order valence-electron chi connectivity index (χ2n) is 16.3. The number of aryl methyl sites for hydroxylation is 2. The van der Waals surface area contributed by atoms with Crippen molar-refractivity contribution in [2.45, 2.75) is 110 Å². The van der Waals surface area contributed by atoms with Crippen molar-refractivity contribution in [2.75, 3.05) is 23.7 Å². The van der Waals surface area contributed by atoms with E-state index in [1.807, 2.05) is 0 Å². The highest BCUT2D eigenvalue weighted by atomic mass is 32.1. The van der Waals surface area contributed by atoms with Gasteiger partial charge in [0.2, 0.25) is 11.8 Å². The van der Waals surface area contributed by atoms with Crippen LogP contribution in [0.5, 0.6) is 0 Å². The molecule has 5 aromatic rings. The number of alkyl halides is 6. The van der Waals surface area contributed by atoms with Crippen molar-refractivity contribution in [1.82, 2.24) is 29.7 Å². The van der Waals surface area contributed by atoms with E-state index in [2.05, 4.69) is 30.9 Å². The molecule has 2 aliphatic rings. The third-order valence-corrected chi connectivity index (χ3v) is 13.0. The Morgan fingerprint density at radius 1 is 0.750 bits per heavy atom. The molecule has 7 N–H and O–H groups in total. The monoisotopic (exact) mass is 1000 g/mol. The number of halogens is 6. The van der Waals surface area contributed by atoms with Crippen molar-refractivity contribution in [3.8, 4) is 20.9 Å². The second-order valence-corrected chi connectivity index (χ2v) is 18.3. The van der Waals surface area contributed by atoms with Gasteiger partial charge in [0.25, 0.3) is 0 Å². The summed E-state index contributed by atoms with van der Waals surface area (Å²) >= 11 is 2.03. The summed E-state index contributed by atoms with van der Waals surface area (Å²) in [6.07, 6.45) is -1.93. The molecule has 2 aliphatic heterocycles. The van der Waals surface area contributed by atoms with Crippen LogP contribution in [-0.4, -0.2) is 85.8 Å². The minimum absolute atomic E-state index is 0. The number of urea groups is 1. The number of rotatable bonds is 8. The van der Waals surface area contributed by atoms with E-state index in [4.69, 9.17) is 20.3 Å². The first-order valence-corrected chi connectivity index (χ1v) is 21.8. The minimum Gasteiger partial charge on any atom is -0.427 e. The highest BCUT2D eigenvalue weighted by Crippen LogP contribution is 2.43.